The van der Waals surface area contributed by atoms with E-state index in [1.165, 1.54) is 7.11 Å². The summed E-state index contributed by atoms with van der Waals surface area (Å²) in [4.78, 5) is 11.1. The summed E-state index contributed by atoms with van der Waals surface area (Å²) >= 11 is 3.15. The Bertz CT molecular complexity index is 421. The van der Waals surface area contributed by atoms with Gasteiger partial charge in [-0.3, -0.25) is 4.79 Å². The quantitative estimate of drug-likeness (QED) is 0.802. The summed E-state index contributed by atoms with van der Waals surface area (Å²) in [6, 6.07) is 3.27. The molecule has 94 valence electrons. The highest BCUT2D eigenvalue weighted by Gasteiger charge is 2.16. The van der Waals surface area contributed by atoms with Crippen LogP contribution < -0.4 is 4.74 Å². The minimum Gasteiger partial charge on any atom is -0.469 e. The first-order valence-electron chi connectivity index (χ1n) is 4.75. The smallest absolute Gasteiger partial charge is 0.387 e. The van der Waals surface area contributed by atoms with Crippen LogP contribution in [0.5, 0.6) is 5.75 Å². The standard InChI is InChI=1S/C11H11BrF2O3/c1-6-3-4-7(5-8(15)16-2)9(12)10(6)17-11(13)14/h3-4,11H,5H2,1-2H3. The molecule has 0 radical (unpaired) electrons. The van der Waals surface area contributed by atoms with Crippen LogP contribution in [-0.2, 0) is 16.0 Å². The first kappa shape index (κ1) is 13.9. The zero-order chi connectivity index (χ0) is 13.0. The van der Waals surface area contributed by atoms with Gasteiger partial charge >= 0.3 is 12.6 Å². The lowest BCUT2D eigenvalue weighted by Gasteiger charge is -2.13. The maximum absolute atomic E-state index is 12.2. The topological polar surface area (TPSA) is 35.5 Å². The minimum absolute atomic E-state index is 0.00301. The molecule has 0 saturated carbocycles. The average molecular weight is 309 g/mol. The van der Waals surface area contributed by atoms with Crippen molar-refractivity contribution in [3.63, 3.8) is 0 Å². The molecule has 0 bridgehead atoms. The molecule has 0 atom stereocenters. The highest BCUT2D eigenvalue weighted by atomic mass is 79.9. The predicted octanol–water partition coefficient (Wildman–Crippen LogP) is 3.07. The third kappa shape index (κ3) is 3.66. The summed E-state index contributed by atoms with van der Waals surface area (Å²) in [6.07, 6.45) is -0.00301. The first-order valence-corrected chi connectivity index (χ1v) is 5.54. The van der Waals surface area contributed by atoms with Gasteiger partial charge in [0.1, 0.15) is 5.75 Å². The second-order valence-corrected chi connectivity index (χ2v) is 4.11. The summed E-state index contributed by atoms with van der Waals surface area (Å²) in [5.41, 5.74) is 1.10. The highest BCUT2D eigenvalue weighted by molar-refractivity contribution is 9.10. The van der Waals surface area contributed by atoms with Crippen LogP contribution in [-0.4, -0.2) is 19.7 Å². The van der Waals surface area contributed by atoms with Gasteiger partial charge in [0.15, 0.2) is 0 Å². The van der Waals surface area contributed by atoms with E-state index in [0.717, 1.165) is 0 Å². The summed E-state index contributed by atoms with van der Waals surface area (Å²) in [6.45, 7) is -1.26. The van der Waals surface area contributed by atoms with Crippen LogP contribution in [0.3, 0.4) is 0 Å². The lowest BCUT2D eigenvalue weighted by Crippen LogP contribution is -2.08. The van der Waals surface area contributed by atoms with Crippen molar-refractivity contribution in [1.29, 1.82) is 0 Å². The Balaban J connectivity index is 3.05. The fourth-order valence-electron chi connectivity index (χ4n) is 1.29. The Kier molecular flexibility index (Phi) is 4.86. The molecule has 0 amide bonds. The van der Waals surface area contributed by atoms with Crippen molar-refractivity contribution in [1.82, 2.24) is 0 Å². The number of benzene rings is 1. The van der Waals surface area contributed by atoms with Crippen molar-refractivity contribution in [2.24, 2.45) is 0 Å². The Hall–Kier alpha value is -1.17. The third-order valence-electron chi connectivity index (χ3n) is 2.14. The molecule has 0 fully saturated rings. The van der Waals surface area contributed by atoms with Gasteiger partial charge in [-0.25, -0.2) is 0 Å². The number of esters is 1. The van der Waals surface area contributed by atoms with Crippen molar-refractivity contribution < 1.29 is 23.0 Å². The van der Waals surface area contributed by atoms with Crippen LogP contribution in [0.1, 0.15) is 11.1 Å². The van der Waals surface area contributed by atoms with E-state index in [2.05, 4.69) is 25.4 Å². The SMILES string of the molecule is COC(=O)Cc1ccc(C)c(OC(F)F)c1Br. The molecule has 0 aliphatic carbocycles. The number of carbonyl (C=O) groups is 1. The Labute approximate surface area is 106 Å². The second-order valence-electron chi connectivity index (χ2n) is 3.32. The van der Waals surface area contributed by atoms with Gasteiger partial charge < -0.3 is 9.47 Å². The number of carbonyl (C=O) groups excluding carboxylic acids is 1. The molecule has 0 aliphatic rings. The number of ether oxygens (including phenoxy) is 2. The van der Waals surface area contributed by atoms with E-state index in [0.29, 0.717) is 15.6 Å². The molecular formula is C11H11BrF2O3. The van der Waals surface area contributed by atoms with Gasteiger partial charge in [-0.05, 0) is 34.0 Å². The fraction of sp³-hybridized carbons (Fsp3) is 0.364. The lowest BCUT2D eigenvalue weighted by molar-refractivity contribution is -0.139. The van der Waals surface area contributed by atoms with Crippen molar-refractivity contribution in [2.75, 3.05) is 7.11 Å². The third-order valence-corrected chi connectivity index (χ3v) is 3.01. The van der Waals surface area contributed by atoms with E-state index in [-0.39, 0.29) is 12.2 Å². The van der Waals surface area contributed by atoms with Crippen LogP contribution in [0.15, 0.2) is 16.6 Å². The number of rotatable bonds is 4. The van der Waals surface area contributed by atoms with E-state index >= 15 is 0 Å². The molecule has 0 heterocycles. The summed E-state index contributed by atoms with van der Waals surface area (Å²) < 4.78 is 33.7. The van der Waals surface area contributed by atoms with Gasteiger partial charge in [-0.1, -0.05) is 12.1 Å². The second kappa shape index (κ2) is 5.95. The number of hydrogen-bond acceptors (Lipinski definition) is 3. The van der Waals surface area contributed by atoms with Gasteiger partial charge in [-0.15, -0.1) is 0 Å². The Morgan fingerprint density at radius 2 is 2.12 bits per heavy atom. The van der Waals surface area contributed by atoms with Gasteiger partial charge in [0.25, 0.3) is 0 Å². The molecule has 0 aromatic heterocycles. The number of hydrogen-bond donors (Lipinski definition) is 0. The molecule has 0 spiro atoms. The maximum Gasteiger partial charge on any atom is 0.387 e. The molecular weight excluding hydrogens is 298 g/mol. The molecule has 1 rings (SSSR count). The fourth-order valence-corrected chi connectivity index (χ4v) is 1.97. The van der Waals surface area contributed by atoms with Gasteiger partial charge in [-0.2, -0.15) is 8.78 Å². The molecule has 3 nitrogen and oxygen atoms in total. The number of halogens is 3. The lowest BCUT2D eigenvalue weighted by atomic mass is 10.1. The van der Waals surface area contributed by atoms with Crippen molar-refractivity contribution in [3.8, 4) is 5.75 Å². The summed E-state index contributed by atoms with van der Waals surface area (Å²) in [5, 5.41) is 0. The minimum atomic E-state index is -2.90. The summed E-state index contributed by atoms with van der Waals surface area (Å²) in [5.74, 6) is -0.404. The molecule has 6 heteroatoms. The van der Waals surface area contributed by atoms with Crippen LogP contribution in [0, 0.1) is 6.92 Å². The normalized spacial score (nSPS) is 10.5. The summed E-state index contributed by atoms with van der Waals surface area (Å²) in [7, 11) is 1.26. The van der Waals surface area contributed by atoms with E-state index in [4.69, 9.17) is 0 Å². The zero-order valence-electron chi connectivity index (χ0n) is 9.30. The monoisotopic (exact) mass is 308 g/mol. The maximum atomic E-state index is 12.2. The first-order chi connectivity index (χ1) is 7.95. The number of methoxy groups -OCH3 is 1. The van der Waals surface area contributed by atoms with Crippen molar-refractivity contribution in [3.05, 3.63) is 27.7 Å². The van der Waals surface area contributed by atoms with Gasteiger partial charge in [0.2, 0.25) is 0 Å². The van der Waals surface area contributed by atoms with E-state index in [9.17, 15) is 13.6 Å². The van der Waals surface area contributed by atoms with Gasteiger partial charge in [0, 0.05) is 0 Å². The Morgan fingerprint density at radius 1 is 1.47 bits per heavy atom. The largest absolute Gasteiger partial charge is 0.469 e. The number of aryl methyl sites for hydroxylation is 1. The molecule has 0 aliphatic heterocycles. The number of alkyl halides is 2. The van der Waals surface area contributed by atoms with E-state index in [1.807, 2.05) is 0 Å². The molecule has 0 saturated heterocycles. The molecule has 0 N–H and O–H groups in total. The van der Waals surface area contributed by atoms with Crippen molar-refractivity contribution in [2.45, 2.75) is 20.0 Å². The molecule has 17 heavy (non-hydrogen) atoms. The highest BCUT2D eigenvalue weighted by Crippen LogP contribution is 2.33. The molecule has 1 aromatic carbocycles. The predicted molar refractivity (Wildman–Crippen MR) is 61.2 cm³/mol. The average Bonchev–Trinajstić information content (AvgIpc) is 2.27. The zero-order valence-corrected chi connectivity index (χ0v) is 10.9. The molecule has 0 unspecified atom stereocenters. The Morgan fingerprint density at radius 3 is 2.65 bits per heavy atom. The van der Waals surface area contributed by atoms with Crippen LogP contribution in [0.25, 0.3) is 0 Å². The van der Waals surface area contributed by atoms with Crippen LogP contribution in [0.4, 0.5) is 8.78 Å². The van der Waals surface area contributed by atoms with Crippen LogP contribution in [0.2, 0.25) is 0 Å². The van der Waals surface area contributed by atoms with Crippen LogP contribution >= 0.6 is 15.9 Å². The van der Waals surface area contributed by atoms with Gasteiger partial charge in [0.05, 0.1) is 18.0 Å². The van der Waals surface area contributed by atoms with Crippen molar-refractivity contribution >= 4 is 21.9 Å². The van der Waals surface area contributed by atoms with E-state index in [1.54, 1.807) is 19.1 Å². The van der Waals surface area contributed by atoms with E-state index < -0.39 is 12.6 Å². The molecule has 1 aromatic rings.